The van der Waals surface area contributed by atoms with Crippen molar-refractivity contribution in [3.8, 4) is 11.5 Å². The molecule has 2 aromatic rings. The summed E-state index contributed by atoms with van der Waals surface area (Å²) in [6, 6.07) is 12.7. The molecule has 1 aliphatic heterocycles. The highest BCUT2D eigenvalue weighted by Crippen LogP contribution is 2.32. The second-order valence-electron chi connectivity index (χ2n) is 5.87. The Bertz CT molecular complexity index is 825. The number of rotatable bonds is 6. The average molecular weight is 388 g/mol. The van der Waals surface area contributed by atoms with E-state index in [1.165, 1.54) is 0 Å². The topological polar surface area (TPSA) is 96.9 Å². The van der Waals surface area contributed by atoms with Crippen LogP contribution in [0.1, 0.15) is 17.2 Å². The molecule has 0 spiro atoms. The molecule has 0 saturated carbocycles. The normalized spacial score (nSPS) is 13.1. The van der Waals surface area contributed by atoms with Crippen LogP contribution in [0.3, 0.4) is 0 Å². The molecule has 27 heavy (non-hydrogen) atoms. The molecule has 3 N–H and O–H groups in total. The number of aliphatic hydroxyl groups excluding tert-OH is 1. The fourth-order valence-corrected chi connectivity index (χ4v) is 2.94. The Hall–Kier alpha value is -2.71. The molecule has 0 unspecified atom stereocenters. The number of benzene rings is 2. The van der Waals surface area contributed by atoms with Crippen molar-refractivity contribution in [2.45, 2.75) is 17.5 Å². The van der Waals surface area contributed by atoms with Crippen LogP contribution in [0.25, 0.3) is 0 Å². The summed E-state index contributed by atoms with van der Waals surface area (Å²) in [6.07, 6.45) is 1.08. The van der Waals surface area contributed by atoms with E-state index >= 15 is 0 Å². The van der Waals surface area contributed by atoms with E-state index in [0.717, 1.165) is 10.5 Å². The van der Waals surface area contributed by atoms with Gasteiger partial charge in [0, 0.05) is 18.0 Å². The number of carbonyl (C=O) groups is 2. The minimum atomic E-state index is -0.883. The third-order valence-corrected chi connectivity index (χ3v) is 4.80. The Labute approximate surface area is 161 Å². The van der Waals surface area contributed by atoms with Crippen molar-refractivity contribution in [1.82, 2.24) is 10.6 Å². The maximum absolute atomic E-state index is 11.9. The Morgan fingerprint density at radius 3 is 2.52 bits per heavy atom. The molecule has 0 fully saturated rings. The molecular weight excluding hydrogens is 368 g/mol. The van der Waals surface area contributed by atoms with Gasteiger partial charge in [-0.15, -0.1) is 11.8 Å². The lowest BCUT2D eigenvalue weighted by molar-refractivity contribution is -0.139. The van der Waals surface area contributed by atoms with Gasteiger partial charge in [-0.05, 0) is 41.6 Å². The van der Waals surface area contributed by atoms with E-state index in [2.05, 4.69) is 10.6 Å². The maximum Gasteiger partial charge on any atom is 0.309 e. The molecule has 1 heterocycles. The van der Waals surface area contributed by atoms with Gasteiger partial charge >= 0.3 is 11.8 Å². The second kappa shape index (κ2) is 8.79. The number of thioether (sulfide) groups is 1. The lowest BCUT2D eigenvalue weighted by Gasteiger charge is -2.13. The lowest BCUT2D eigenvalue weighted by Crippen LogP contribution is -2.41. The van der Waals surface area contributed by atoms with Crippen LogP contribution < -0.4 is 20.1 Å². The molecule has 0 aromatic heterocycles. The zero-order valence-electron chi connectivity index (χ0n) is 14.7. The van der Waals surface area contributed by atoms with Crippen LogP contribution in [0.4, 0.5) is 0 Å². The second-order valence-corrected chi connectivity index (χ2v) is 6.75. The summed E-state index contributed by atoms with van der Waals surface area (Å²) in [7, 11) is 0. The number of hydrogen-bond acceptors (Lipinski definition) is 6. The van der Waals surface area contributed by atoms with E-state index < -0.39 is 17.9 Å². The molecule has 0 aliphatic carbocycles. The smallest absolute Gasteiger partial charge is 0.309 e. The zero-order chi connectivity index (χ0) is 19.2. The largest absolute Gasteiger partial charge is 0.454 e. The predicted molar refractivity (Wildman–Crippen MR) is 101 cm³/mol. The molecule has 2 aromatic carbocycles. The highest BCUT2D eigenvalue weighted by Gasteiger charge is 2.17. The van der Waals surface area contributed by atoms with Crippen molar-refractivity contribution in [3.63, 3.8) is 0 Å². The van der Waals surface area contributed by atoms with E-state index in [-0.39, 0.29) is 19.9 Å². The number of nitrogens with one attached hydrogen (secondary N) is 2. The number of ether oxygens (including phenoxy) is 2. The summed E-state index contributed by atoms with van der Waals surface area (Å²) in [5, 5.41) is 15.1. The van der Waals surface area contributed by atoms with Crippen molar-refractivity contribution < 1.29 is 24.2 Å². The highest BCUT2D eigenvalue weighted by atomic mass is 32.2. The van der Waals surface area contributed by atoms with Crippen LogP contribution in [-0.2, 0) is 16.1 Å². The quantitative estimate of drug-likeness (QED) is 0.514. The van der Waals surface area contributed by atoms with Crippen LogP contribution >= 0.6 is 11.8 Å². The zero-order valence-corrected chi connectivity index (χ0v) is 15.5. The molecule has 0 saturated heterocycles. The van der Waals surface area contributed by atoms with Crippen molar-refractivity contribution in [3.05, 3.63) is 53.6 Å². The van der Waals surface area contributed by atoms with Crippen molar-refractivity contribution in [2.75, 3.05) is 19.6 Å². The fourth-order valence-electron chi connectivity index (χ4n) is 2.53. The van der Waals surface area contributed by atoms with Crippen LogP contribution in [-0.4, -0.2) is 36.5 Å². The van der Waals surface area contributed by atoms with Crippen LogP contribution in [0.5, 0.6) is 11.5 Å². The number of fused-ring (bicyclic) bond motifs is 1. The van der Waals surface area contributed by atoms with Gasteiger partial charge in [-0.25, -0.2) is 0 Å². The Morgan fingerprint density at radius 2 is 1.78 bits per heavy atom. The van der Waals surface area contributed by atoms with Gasteiger partial charge in [0.05, 0.1) is 6.10 Å². The van der Waals surface area contributed by atoms with Gasteiger partial charge in [0.25, 0.3) is 0 Å². The van der Waals surface area contributed by atoms with Crippen LogP contribution in [0, 0.1) is 0 Å². The van der Waals surface area contributed by atoms with Gasteiger partial charge in [0.1, 0.15) is 0 Å². The van der Waals surface area contributed by atoms with Gasteiger partial charge in [0.2, 0.25) is 6.79 Å². The van der Waals surface area contributed by atoms with E-state index in [9.17, 15) is 14.7 Å². The summed E-state index contributed by atoms with van der Waals surface area (Å²) < 4.78 is 10.5. The first-order chi connectivity index (χ1) is 13.1. The molecule has 1 atom stereocenters. The van der Waals surface area contributed by atoms with Crippen LogP contribution in [0.2, 0.25) is 0 Å². The lowest BCUT2D eigenvalue weighted by atomic mass is 10.1. The standard InChI is InChI=1S/C19H20N2O5S/c1-27-14-5-3-13(4-6-14)15(22)10-21-19(24)18(23)20-9-12-2-7-16-17(8-12)26-11-25-16/h2-8,15,22H,9-11H2,1H3,(H,20,23)(H,21,24)/t15-/m1/s1. The molecule has 0 radical (unpaired) electrons. The molecule has 3 rings (SSSR count). The first kappa shape index (κ1) is 19.1. The fraction of sp³-hybridized carbons (Fsp3) is 0.263. The van der Waals surface area contributed by atoms with Gasteiger partial charge in [0.15, 0.2) is 11.5 Å². The predicted octanol–water partition coefficient (Wildman–Crippen LogP) is 1.60. The summed E-state index contributed by atoms with van der Waals surface area (Å²) in [5.74, 6) is -0.294. The molecule has 1 aliphatic rings. The molecule has 0 bridgehead atoms. The number of amides is 2. The van der Waals surface area contributed by atoms with E-state index in [1.807, 2.05) is 18.4 Å². The number of hydrogen-bond donors (Lipinski definition) is 3. The molecular formula is C19H20N2O5S. The van der Waals surface area contributed by atoms with Crippen molar-refractivity contribution in [1.29, 1.82) is 0 Å². The van der Waals surface area contributed by atoms with Gasteiger partial charge in [-0.1, -0.05) is 18.2 Å². The van der Waals surface area contributed by atoms with Crippen molar-refractivity contribution >= 4 is 23.6 Å². The number of aliphatic hydroxyl groups is 1. The van der Waals surface area contributed by atoms with Crippen molar-refractivity contribution in [2.24, 2.45) is 0 Å². The molecule has 142 valence electrons. The molecule has 8 heteroatoms. The minimum Gasteiger partial charge on any atom is -0.454 e. The van der Waals surface area contributed by atoms with Gasteiger partial charge < -0.3 is 25.2 Å². The average Bonchev–Trinajstić information content (AvgIpc) is 3.17. The van der Waals surface area contributed by atoms with E-state index in [4.69, 9.17) is 9.47 Å². The monoisotopic (exact) mass is 388 g/mol. The minimum absolute atomic E-state index is 0.0467. The molecule has 7 nitrogen and oxygen atoms in total. The van der Waals surface area contributed by atoms with Gasteiger partial charge in [-0.2, -0.15) is 0 Å². The van der Waals surface area contributed by atoms with E-state index in [0.29, 0.717) is 17.1 Å². The number of carbonyl (C=O) groups excluding carboxylic acids is 2. The third-order valence-electron chi connectivity index (χ3n) is 4.05. The summed E-state index contributed by atoms with van der Waals surface area (Å²) in [5.41, 5.74) is 1.46. The summed E-state index contributed by atoms with van der Waals surface area (Å²) in [6.45, 7) is 0.312. The SMILES string of the molecule is CSc1ccc([C@H](O)CNC(=O)C(=O)NCc2ccc3c(c2)OCO3)cc1. The Balaban J connectivity index is 1.45. The van der Waals surface area contributed by atoms with Gasteiger partial charge in [-0.3, -0.25) is 9.59 Å². The first-order valence-corrected chi connectivity index (χ1v) is 9.56. The summed E-state index contributed by atoms with van der Waals surface area (Å²) >= 11 is 1.60. The Morgan fingerprint density at radius 1 is 1.07 bits per heavy atom. The summed E-state index contributed by atoms with van der Waals surface area (Å²) in [4.78, 5) is 24.9. The highest BCUT2D eigenvalue weighted by molar-refractivity contribution is 7.98. The first-order valence-electron chi connectivity index (χ1n) is 8.33. The van der Waals surface area contributed by atoms with E-state index in [1.54, 1.807) is 42.1 Å². The van der Waals surface area contributed by atoms with Crippen LogP contribution in [0.15, 0.2) is 47.4 Å². The third kappa shape index (κ3) is 4.93. The molecule has 2 amide bonds. The Kier molecular flexibility index (Phi) is 6.20. The maximum atomic E-state index is 11.9.